The van der Waals surface area contributed by atoms with Gasteiger partial charge in [0, 0.05) is 19.8 Å². The Hall–Kier alpha value is -2.78. The van der Waals surface area contributed by atoms with E-state index < -0.39 is 29.9 Å². The molecular formula is C16H12F6N2O2. The highest BCUT2D eigenvalue weighted by molar-refractivity contribution is 5.93. The molecule has 0 aliphatic carbocycles. The van der Waals surface area contributed by atoms with Crippen LogP contribution in [0.25, 0.3) is 0 Å². The van der Waals surface area contributed by atoms with E-state index in [0.717, 1.165) is 24.4 Å². The lowest BCUT2D eigenvalue weighted by Gasteiger charge is -2.18. The zero-order valence-electron chi connectivity index (χ0n) is 13.2. The monoisotopic (exact) mass is 378 g/mol. The number of nitrogens with zero attached hydrogens (tertiary/aromatic N) is 2. The summed E-state index contributed by atoms with van der Waals surface area (Å²) >= 11 is 0. The summed E-state index contributed by atoms with van der Waals surface area (Å²) in [6.45, 7) is 0.0339. The van der Waals surface area contributed by atoms with Gasteiger partial charge in [0.1, 0.15) is 11.4 Å². The molecule has 2 aromatic rings. The van der Waals surface area contributed by atoms with Crippen LogP contribution < -0.4 is 4.74 Å². The number of amides is 1. The first-order chi connectivity index (χ1) is 12.0. The van der Waals surface area contributed by atoms with Crippen LogP contribution in [0.1, 0.15) is 21.6 Å². The molecule has 0 fully saturated rings. The van der Waals surface area contributed by atoms with Crippen LogP contribution >= 0.6 is 0 Å². The summed E-state index contributed by atoms with van der Waals surface area (Å²) in [7, 11) is 1.40. The lowest BCUT2D eigenvalue weighted by molar-refractivity contribution is -0.274. The Morgan fingerprint density at radius 3 is 2.12 bits per heavy atom. The van der Waals surface area contributed by atoms with Crippen molar-refractivity contribution in [3.05, 3.63) is 59.4 Å². The van der Waals surface area contributed by atoms with Gasteiger partial charge in [0.2, 0.25) is 0 Å². The minimum absolute atomic E-state index is 0.0339. The zero-order chi connectivity index (χ0) is 19.5. The summed E-state index contributed by atoms with van der Waals surface area (Å²) in [5.41, 5.74) is -0.648. The van der Waals surface area contributed by atoms with Crippen molar-refractivity contribution in [2.75, 3.05) is 7.05 Å². The number of rotatable bonds is 4. The third kappa shape index (κ3) is 5.36. The van der Waals surface area contributed by atoms with Crippen molar-refractivity contribution < 1.29 is 35.9 Å². The second-order valence-corrected chi connectivity index (χ2v) is 5.28. The third-order valence-electron chi connectivity index (χ3n) is 3.22. The minimum atomic E-state index is -4.80. The van der Waals surface area contributed by atoms with E-state index in [-0.39, 0.29) is 12.1 Å². The summed E-state index contributed by atoms with van der Waals surface area (Å²) in [6, 6.07) is 6.59. The van der Waals surface area contributed by atoms with Gasteiger partial charge in [-0.05, 0) is 29.8 Å². The van der Waals surface area contributed by atoms with Crippen LogP contribution in [0.3, 0.4) is 0 Å². The molecule has 0 unspecified atom stereocenters. The van der Waals surface area contributed by atoms with Gasteiger partial charge >= 0.3 is 12.5 Å². The summed E-state index contributed by atoms with van der Waals surface area (Å²) in [4.78, 5) is 16.6. The molecule has 10 heteroatoms. The van der Waals surface area contributed by atoms with E-state index in [4.69, 9.17) is 0 Å². The molecule has 1 heterocycles. The Balaban J connectivity index is 2.02. The number of pyridine rings is 1. The molecule has 2 rings (SSSR count). The van der Waals surface area contributed by atoms with E-state index in [9.17, 15) is 31.1 Å². The van der Waals surface area contributed by atoms with Crippen LogP contribution in [0, 0.1) is 0 Å². The highest BCUT2D eigenvalue weighted by atomic mass is 19.4. The summed E-state index contributed by atoms with van der Waals surface area (Å²) in [6.07, 6.45) is -8.58. The molecule has 0 bridgehead atoms. The normalized spacial score (nSPS) is 12.0. The zero-order valence-corrected chi connectivity index (χ0v) is 13.2. The van der Waals surface area contributed by atoms with E-state index in [1.165, 1.54) is 24.1 Å². The highest BCUT2D eigenvalue weighted by Gasteiger charge is 2.32. The Kier molecular flexibility index (Phi) is 5.43. The molecule has 0 aliphatic heterocycles. The van der Waals surface area contributed by atoms with E-state index in [2.05, 4.69) is 9.72 Å². The number of benzene rings is 1. The Labute approximate surface area is 144 Å². The fraction of sp³-hybridized carbons (Fsp3) is 0.250. The SMILES string of the molecule is CN(Cc1ccc(OC(F)(F)F)cc1)C(=O)c1ccc(C(F)(F)F)nc1. The maximum absolute atomic E-state index is 12.5. The molecule has 1 aromatic heterocycles. The largest absolute Gasteiger partial charge is 0.573 e. The summed E-state index contributed by atoms with van der Waals surface area (Å²) in [5, 5.41) is 0. The number of ether oxygens (including phenoxy) is 1. The van der Waals surface area contributed by atoms with Crippen LogP contribution in [0.15, 0.2) is 42.6 Å². The first-order valence-corrected chi connectivity index (χ1v) is 7.09. The van der Waals surface area contributed by atoms with Gasteiger partial charge in [0.05, 0.1) is 5.56 Å². The maximum Gasteiger partial charge on any atom is 0.573 e. The topological polar surface area (TPSA) is 42.4 Å². The van der Waals surface area contributed by atoms with E-state index in [1.54, 1.807) is 0 Å². The molecule has 1 aromatic carbocycles. The number of carbonyl (C=O) groups is 1. The van der Waals surface area contributed by atoms with Gasteiger partial charge in [-0.25, -0.2) is 0 Å². The maximum atomic E-state index is 12.5. The predicted molar refractivity (Wildman–Crippen MR) is 78.2 cm³/mol. The van der Waals surface area contributed by atoms with Crippen LogP contribution in [-0.2, 0) is 12.7 Å². The highest BCUT2D eigenvalue weighted by Crippen LogP contribution is 2.27. The Bertz CT molecular complexity index is 754. The summed E-state index contributed by atoms with van der Waals surface area (Å²) < 4.78 is 77.4. The smallest absolute Gasteiger partial charge is 0.406 e. The van der Waals surface area contributed by atoms with Crippen molar-refractivity contribution in [1.82, 2.24) is 9.88 Å². The van der Waals surface area contributed by atoms with Gasteiger partial charge in [0.25, 0.3) is 5.91 Å². The van der Waals surface area contributed by atoms with Crippen molar-refractivity contribution >= 4 is 5.91 Å². The number of carbonyl (C=O) groups excluding carboxylic acids is 1. The van der Waals surface area contributed by atoms with Gasteiger partial charge in [-0.1, -0.05) is 12.1 Å². The third-order valence-corrected chi connectivity index (χ3v) is 3.22. The first-order valence-electron chi connectivity index (χ1n) is 7.09. The fourth-order valence-electron chi connectivity index (χ4n) is 2.05. The second-order valence-electron chi connectivity index (χ2n) is 5.28. The molecule has 26 heavy (non-hydrogen) atoms. The van der Waals surface area contributed by atoms with Crippen LogP contribution in [0.2, 0.25) is 0 Å². The van der Waals surface area contributed by atoms with Gasteiger partial charge in [-0.2, -0.15) is 13.2 Å². The molecule has 140 valence electrons. The number of hydrogen-bond donors (Lipinski definition) is 0. The molecular weight excluding hydrogens is 366 g/mol. The van der Waals surface area contributed by atoms with Crippen molar-refractivity contribution in [3.8, 4) is 5.75 Å². The lowest BCUT2D eigenvalue weighted by Crippen LogP contribution is -2.26. The van der Waals surface area contributed by atoms with Gasteiger partial charge < -0.3 is 9.64 Å². The van der Waals surface area contributed by atoms with Gasteiger partial charge in [0.15, 0.2) is 0 Å². The first kappa shape index (κ1) is 19.5. The molecule has 0 saturated heterocycles. The van der Waals surface area contributed by atoms with Crippen LogP contribution in [-0.4, -0.2) is 29.2 Å². The van der Waals surface area contributed by atoms with Gasteiger partial charge in [-0.3, -0.25) is 9.78 Å². The summed E-state index contributed by atoms with van der Waals surface area (Å²) in [5.74, 6) is -0.982. The van der Waals surface area contributed by atoms with Crippen LogP contribution in [0.4, 0.5) is 26.3 Å². The van der Waals surface area contributed by atoms with E-state index in [1.807, 2.05) is 0 Å². The molecule has 4 nitrogen and oxygen atoms in total. The van der Waals surface area contributed by atoms with Crippen molar-refractivity contribution in [3.63, 3.8) is 0 Å². The molecule has 0 saturated carbocycles. The molecule has 0 atom stereocenters. The quantitative estimate of drug-likeness (QED) is 0.747. The average molecular weight is 378 g/mol. The number of halogens is 6. The van der Waals surface area contributed by atoms with Gasteiger partial charge in [-0.15, -0.1) is 13.2 Å². The molecule has 1 amide bonds. The standard InChI is InChI=1S/C16H12F6N2O2/c1-24(9-10-2-5-12(6-3-10)26-16(20,21)22)14(25)11-4-7-13(23-8-11)15(17,18)19/h2-8H,9H2,1H3. The van der Waals surface area contributed by atoms with Crippen molar-refractivity contribution in [2.45, 2.75) is 19.1 Å². The molecule has 0 aliphatic rings. The van der Waals surface area contributed by atoms with Crippen molar-refractivity contribution in [2.24, 2.45) is 0 Å². The Morgan fingerprint density at radius 1 is 1.04 bits per heavy atom. The molecule has 0 radical (unpaired) electrons. The average Bonchev–Trinajstić information content (AvgIpc) is 2.54. The van der Waals surface area contributed by atoms with E-state index >= 15 is 0 Å². The molecule has 0 spiro atoms. The van der Waals surface area contributed by atoms with E-state index in [0.29, 0.717) is 11.6 Å². The molecule has 0 N–H and O–H groups in total. The fourth-order valence-corrected chi connectivity index (χ4v) is 2.05. The minimum Gasteiger partial charge on any atom is -0.406 e. The number of alkyl halides is 6. The van der Waals surface area contributed by atoms with Crippen molar-refractivity contribution in [1.29, 1.82) is 0 Å². The number of hydrogen-bond acceptors (Lipinski definition) is 3. The number of aromatic nitrogens is 1. The Morgan fingerprint density at radius 2 is 1.65 bits per heavy atom. The predicted octanol–water partition coefficient (Wildman–Crippen LogP) is 4.27. The van der Waals surface area contributed by atoms with Crippen LogP contribution in [0.5, 0.6) is 5.75 Å². The second kappa shape index (κ2) is 7.22. The lowest BCUT2D eigenvalue weighted by atomic mass is 10.2.